The number of alkyl halides is 1. The van der Waals surface area contributed by atoms with E-state index < -0.39 is 0 Å². The Morgan fingerprint density at radius 3 is 2.95 bits per heavy atom. The Hall–Kier alpha value is -0.910. The molecule has 0 aromatic carbocycles. The molecule has 0 spiro atoms. The molecule has 0 aliphatic heterocycles. The SMILES string of the molecule is Cc1sc2ncnc(NCCCOCCCl)c2c1C. The fraction of sp³-hybridized carbons (Fsp3) is 0.538. The Balaban J connectivity index is 1.97. The topological polar surface area (TPSA) is 47.0 Å². The van der Waals surface area contributed by atoms with Crippen molar-refractivity contribution in [1.29, 1.82) is 0 Å². The van der Waals surface area contributed by atoms with Crippen LogP contribution in [0, 0.1) is 13.8 Å². The second-order valence-electron chi connectivity index (χ2n) is 4.27. The van der Waals surface area contributed by atoms with E-state index in [2.05, 4.69) is 29.1 Å². The molecule has 0 unspecified atom stereocenters. The highest BCUT2D eigenvalue weighted by Gasteiger charge is 2.11. The van der Waals surface area contributed by atoms with Crippen LogP contribution in [0.15, 0.2) is 6.33 Å². The molecule has 0 fully saturated rings. The monoisotopic (exact) mass is 299 g/mol. The summed E-state index contributed by atoms with van der Waals surface area (Å²) in [5, 5.41) is 4.51. The summed E-state index contributed by atoms with van der Waals surface area (Å²) in [5.74, 6) is 1.47. The van der Waals surface area contributed by atoms with E-state index in [0.29, 0.717) is 12.5 Å². The maximum Gasteiger partial charge on any atom is 0.138 e. The van der Waals surface area contributed by atoms with Gasteiger partial charge in [0.05, 0.1) is 12.0 Å². The molecule has 0 saturated carbocycles. The van der Waals surface area contributed by atoms with Crippen LogP contribution in [0.25, 0.3) is 10.2 Å². The minimum Gasteiger partial charge on any atom is -0.380 e. The third-order valence-corrected chi connectivity index (χ3v) is 4.21. The van der Waals surface area contributed by atoms with E-state index in [0.717, 1.165) is 35.6 Å². The lowest BCUT2D eigenvalue weighted by molar-refractivity contribution is 0.149. The van der Waals surface area contributed by atoms with Crippen LogP contribution in [0.1, 0.15) is 16.9 Å². The lowest BCUT2D eigenvalue weighted by Crippen LogP contribution is -2.08. The number of thiophene rings is 1. The lowest BCUT2D eigenvalue weighted by atomic mass is 10.2. The molecule has 19 heavy (non-hydrogen) atoms. The maximum atomic E-state index is 5.54. The van der Waals surface area contributed by atoms with Gasteiger partial charge >= 0.3 is 0 Å². The van der Waals surface area contributed by atoms with Crippen molar-refractivity contribution >= 4 is 39.0 Å². The van der Waals surface area contributed by atoms with Crippen molar-refractivity contribution in [3.8, 4) is 0 Å². The highest BCUT2D eigenvalue weighted by Crippen LogP contribution is 2.32. The van der Waals surface area contributed by atoms with Crippen molar-refractivity contribution in [2.75, 3.05) is 31.0 Å². The third kappa shape index (κ3) is 3.55. The van der Waals surface area contributed by atoms with Crippen LogP contribution in [0.5, 0.6) is 0 Å². The van der Waals surface area contributed by atoms with Crippen LogP contribution in [-0.2, 0) is 4.74 Å². The Morgan fingerprint density at radius 2 is 2.16 bits per heavy atom. The predicted octanol–water partition coefficient (Wildman–Crippen LogP) is 3.37. The van der Waals surface area contributed by atoms with Crippen LogP contribution in [0.3, 0.4) is 0 Å². The zero-order valence-electron chi connectivity index (χ0n) is 11.2. The molecule has 6 heteroatoms. The van der Waals surface area contributed by atoms with E-state index in [1.807, 2.05) is 0 Å². The number of nitrogens with zero attached hydrogens (tertiary/aromatic N) is 2. The molecule has 1 N–H and O–H groups in total. The standard InChI is InChI=1S/C13H18ClN3OS/c1-9-10(2)19-13-11(9)12(16-8-17-13)15-5-3-6-18-7-4-14/h8H,3-7H2,1-2H3,(H,15,16,17). The zero-order chi connectivity index (χ0) is 13.7. The molecular weight excluding hydrogens is 282 g/mol. The van der Waals surface area contributed by atoms with Crippen molar-refractivity contribution in [3.05, 3.63) is 16.8 Å². The van der Waals surface area contributed by atoms with Crippen LogP contribution in [0.4, 0.5) is 5.82 Å². The normalized spacial score (nSPS) is 11.1. The Kier molecular flexibility index (Phi) is 5.36. The molecule has 104 valence electrons. The molecule has 2 aromatic rings. The summed E-state index contributed by atoms with van der Waals surface area (Å²) >= 11 is 7.25. The van der Waals surface area contributed by atoms with Crippen molar-refractivity contribution in [3.63, 3.8) is 0 Å². The molecule has 2 aromatic heterocycles. The van der Waals surface area contributed by atoms with E-state index in [1.54, 1.807) is 17.7 Å². The summed E-state index contributed by atoms with van der Waals surface area (Å²) in [4.78, 5) is 11.0. The van der Waals surface area contributed by atoms with Crippen molar-refractivity contribution in [1.82, 2.24) is 9.97 Å². The number of hydrogen-bond donors (Lipinski definition) is 1. The fourth-order valence-electron chi connectivity index (χ4n) is 1.85. The number of anilines is 1. The van der Waals surface area contributed by atoms with Crippen molar-refractivity contribution < 1.29 is 4.74 Å². The van der Waals surface area contributed by atoms with Gasteiger partial charge in [-0.2, -0.15) is 0 Å². The van der Waals surface area contributed by atoms with Crippen LogP contribution >= 0.6 is 22.9 Å². The molecule has 0 atom stereocenters. The summed E-state index contributed by atoms with van der Waals surface area (Å²) in [6.45, 7) is 6.40. The number of hydrogen-bond acceptors (Lipinski definition) is 5. The highest BCUT2D eigenvalue weighted by molar-refractivity contribution is 7.18. The van der Waals surface area contributed by atoms with Gasteiger partial charge in [0.2, 0.25) is 0 Å². The Labute approximate surface area is 122 Å². The van der Waals surface area contributed by atoms with Crippen LogP contribution in [-0.4, -0.2) is 35.6 Å². The number of aromatic nitrogens is 2. The number of nitrogens with one attached hydrogen (secondary N) is 1. The van der Waals surface area contributed by atoms with Gasteiger partial charge < -0.3 is 10.1 Å². The van der Waals surface area contributed by atoms with Gasteiger partial charge in [0.1, 0.15) is 17.0 Å². The van der Waals surface area contributed by atoms with E-state index in [1.165, 1.54) is 10.4 Å². The summed E-state index contributed by atoms with van der Waals surface area (Å²) in [6.07, 6.45) is 2.55. The van der Waals surface area contributed by atoms with Crippen molar-refractivity contribution in [2.45, 2.75) is 20.3 Å². The van der Waals surface area contributed by atoms with Gasteiger partial charge in [-0.1, -0.05) is 0 Å². The smallest absolute Gasteiger partial charge is 0.138 e. The minimum atomic E-state index is 0.549. The predicted molar refractivity (Wildman–Crippen MR) is 81.5 cm³/mol. The second-order valence-corrected chi connectivity index (χ2v) is 5.85. The van der Waals surface area contributed by atoms with Gasteiger partial charge in [-0.05, 0) is 25.8 Å². The summed E-state index contributed by atoms with van der Waals surface area (Å²) in [7, 11) is 0. The first kappa shape index (κ1) is 14.5. The van der Waals surface area contributed by atoms with Gasteiger partial charge in [-0.25, -0.2) is 9.97 Å². The summed E-state index contributed by atoms with van der Waals surface area (Å²) in [5.41, 5.74) is 1.27. The molecule has 0 bridgehead atoms. The minimum absolute atomic E-state index is 0.549. The largest absolute Gasteiger partial charge is 0.380 e. The average molecular weight is 300 g/mol. The summed E-state index contributed by atoms with van der Waals surface area (Å²) < 4.78 is 5.33. The number of halogens is 1. The van der Waals surface area contributed by atoms with E-state index in [4.69, 9.17) is 16.3 Å². The Bertz CT molecular complexity index is 544. The first-order valence-corrected chi connectivity index (χ1v) is 7.67. The molecule has 4 nitrogen and oxygen atoms in total. The molecule has 0 amide bonds. The Morgan fingerprint density at radius 1 is 1.32 bits per heavy atom. The molecule has 0 aliphatic carbocycles. The van der Waals surface area contributed by atoms with Gasteiger partial charge in [0.15, 0.2) is 0 Å². The fourth-order valence-corrected chi connectivity index (χ4v) is 2.96. The maximum absolute atomic E-state index is 5.54. The van der Waals surface area contributed by atoms with Crippen molar-refractivity contribution in [2.24, 2.45) is 0 Å². The van der Waals surface area contributed by atoms with Crippen LogP contribution in [0.2, 0.25) is 0 Å². The molecular formula is C13H18ClN3OS. The first-order valence-electron chi connectivity index (χ1n) is 6.32. The number of aryl methyl sites for hydroxylation is 2. The molecule has 2 rings (SSSR count). The van der Waals surface area contributed by atoms with E-state index >= 15 is 0 Å². The average Bonchev–Trinajstić information content (AvgIpc) is 2.70. The number of fused-ring (bicyclic) bond motifs is 1. The molecule has 0 radical (unpaired) electrons. The molecule has 0 saturated heterocycles. The quantitative estimate of drug-likeness (QED) is 0.629. The lowest BCUT2D eigenvalue weighted by Gasteiger charge is -2.07. The molecule has 2 heterocycles. The van der Waals surface area contributed by atoms with Gasteiger partial charge in [0, 0.05) is 23.9 Å². The second kappa shape index (κ2) is 7.03. The van der Waals surface area contributed by atoms with Gasteiger partial charge in [0.25, 0.3) is 0 Å². The number of ether oxygens (including phenoxy) is 1. The number of rotatable bonds is 7. The van der Waals surface area contributed by atoms with Crippen LogP contribution < -0.4 is 5.32 Å². The van der Waals surface area contributed by atoms with Gasteiger partial charge in [-0.15, -0.1) is 22.9 Å². The third-order valence-electron chi connectivity index (χ3n) is 2.94. The van der Waals surface area contributed by atoms with E-state index in [-0.39, 0.29) is 0 Å². The first-order chi connectivity index (χ1) is 9.24. The summed E-state index contributed by atoms with van der Waals surface area (Å²) in [6, 6.07) is 0. The molecule has 0 aliphatic rings. The van der Waals surface area contributed by atoms with Gasteiger partial charge in [-0.3, -0.25) is 0 Å². The zero-order valence-corrected chi connectivity index (χ0v) is 12.8. The van der Waals surface area contributed by atoms with E-state index in [9.17, 15) is 0 Å². The highest BCUT2D eigenvalue weighted by atomic mass is 35.5.